The number of anilines is 1. The van der Waals surface area contributed by atoms with Gasteiger partial charge >= 0.3 is 0 Å². The van der Waals surface area contributed by atoms with Crippen LogP contribution in [0.15, 0.2) is 24.7 Å². The quantitative estimate of drug-likeness (QED) is 0.670. The van der Waals surface area contributed by atoms with Crippen LogP contribution in [0.2, 0.25) is 0 Å². The normalized spacial score (nSPS) is 23.8. The van der Waals surface area contributed by atoms with Crippen LogP contribution in [0.4, 0.5) is 10.2 Å². The molecule has 8 heteroatoms. The summed E-state index contributed by atoms with van der Waals surface area (Å²) in [6.45, 7) is 3.72. The van der Waals surface area contributed by atoms with E-state index in [1.54, 1.807) is 6.07 Å². The fraction of sp³-hybridized carbons (Fsp3) is 0.476. The van der Waals surface area contributed by atoms with Crippen molar-refractivity contribution in [2.75, 3.05) is 31.6 Å². The number of allylic oxidation sites excluding steroid dienone is 1. The minimum atomic E-state index is -0.451. The molecule has 0 amide bonds. The van der Waals surface area contributed by atoms with Gasteiger partial charge in [-0.1, -0.05) is 0 Å². The van der Waals surface area contributed by atoms with E-state index in [4.69, 9.17) is 15.9 Å². The van der Waals surface area contributed by atoms with Crippen LogP contribution in [0.3, 0.4) is 0 Å². The van der Waals surface area contributed by atoms with Gasteiger partial charge in [-0.25, -0.2) is 14.4 Å². The summed E-state index contributed by atoms with van der Waals surface area (Å²) in [5, 5.41) is 11.7. The molecule has 4 rings (SSSR count). The molecule has 4 N–H and O–H groups in total. The van der Waals surface area contributed by atoms with Crippen LogP contribution in [-0.4, -0.2) is 59.5 Å². The molecular weight excluding hydrogens is 371 g/mol. The van der Waals surface area contributed by atoms with Crippen LogP contribution in [0.25, 0.3) is 16.5 Å². The highest BCUT2D eigenvalue weighted by atomic mass is 19.1. The van der Waals surface area contributed by atoms with Crippen molar-refractivity contribution in [3.05, 3.63) is 36.0 Å². The molecular formula is C21H27FN6O. The van der Waals surface area contributed by atoms with Crippen molar-refractivity contribution in [2.24, 2.45) is 5.73 Å². The van der Waals surface area contributed by atoms with Crippen LogP contribution >= 0.6 is 0 Å². The van der Waals surface area contributed by atoms with Crippen LogP contribution in [0, 0.1) is 11.2 Å². The number of hydrogen-bond donors (Lipinski definition) is 3. The van der Waals surface area contributed by atoms with Gasteiger partial charge in [-0.05, 0) is 31.7 Å². The summed E-state index contributed by atoms with van der Waals surface area (Å²) in [7, 11) is 0. The lowest BCUT2D eigenvalue weighted by molar-refractivity contribution is 0.00791. The molecule has 2 aromatic rings. The summed E-state index contributed by atoms with van der Waals surface area (Å²) in [5.74, 6) is 0.251. The molecule has 2 aliphatic rings. The summed E-state index contributed by atoms with van der Waals surface area (Å²) in [6.07, 6.45) is 8.17. The Morgan fingerprint density at radius 3 is 2.66 bits per heavy atom. The first-order valence-electron chi connectivity index (χ1n) is 10.1. The van der Waals surface area contributed by atoms with E-state index in [0.717, 1.165) is 63.6 Å². The number of hydrogen-bond acceptors (Lipinski definition) is 7. The number of aromatic nitrogens is 2. The van der Waals surface area contributed by atoms with Gasteiger partial charge in [0.05, 0.1) is 18.7 Å². The molecule has 29 heavy (non-hydrogen) atoms. The predicted molar refractivity (Wildman–Crippen MR) is 113 cm³/mol. The van der Waals surface area contributed by atoms with Gasteiger partial charge in [0.15, 0.2) is 0 Å². The van der Waals surface area contributed by atoms with E-state index in [-0.39, 0.29) is 5.56 Å². The molecule has 7 nitrogen and oxygen atoms in total. The number of benzene rings is 1. The van der Waals surface area contributed by atoms with E-state index < -0.39 is 5.82 Å². The summed E-state index contributed by atoms with van der Waals surface area (Å²) in [4.78, 5) is 11.2. The van der Waals surface area contributed by atoms with E-state index in [2.05, 4.69) is 20.2 Å². The van der Waals surface area contributed by atoms with E-state index in [1.165, 1.54) is 18.6 Å². The first kappa shape index (κ1) is 19.7. The Hall–Kier alpha value is -2.58. The van der Waals surface area contributed by atoms with Gasteiger partial charge in [-0.15, -0.1) is 0 Å². The molecule has 154 valence electrons. The number of morpholine rings is 1. The molecule has 1 saturated heterocycles. The zero-order chi connectivity index (χ0) is 20.2. The van der Waals surface area contributed by atoms with Crippen molar-refractivity contribution < 1.29 is 9.13 Å². The molecule has 2 heterocycles. The zero-order valence-electron chi connectivity index (χ0n) is 16.4. The number of ether oxygens (including phenoxy) is 1. The highest BCUT2D eigenvalue weighted by Gasteiger charge is 2.27. The monoisotopic (exact) mass is 398 g/mol. The van der Waals surface area contributed by atoms with E-state index >= 15 is 0 Å². The van der Waals surface area contributed by atoms with Crippen molar-refractivity contribution in [3.63, 3.8) is 0 Å². The Bertz CT molecular complexity index is 903. The molecule has 1 aliphatic heterocycles. The molecule has 0 unspecified atom stereocenters. The second kappa shape index (κ2) is 8.84. The SMILES string of the molecule is N=CC(=CN)c1cc2c(NC3CCC(N4CCOCC4)CC3)ncnc2cc1F. The van der Waals surface area contributed by atoms with E-state index in [9.17, 15) is 4.39 Å². The van der Waals surface area contributed by atoms with E-state index in [1.807, 2.05) is 0 Å². The molecule has 0 spiro atoms. The largest absolute Gasteiger partial charge is 0.404 e. The Kier molecular flexibility index (Phi) is 6.01. The zero-order valence-corrected chi connectivity index (χ0v) is 16.4. The molecule has 1 aromatic heterocycles. The average Bonchev–Trinajstić information content (AvgIpc) is 2.76. The van der Waals surface area contributed by atoms with Gasteiger partial charge in [-0.3, -0.25) is 4.90 Å². The van der Waals surface area contributed by atoms with Gasteiger partial charge < -0.3 is 21.2 Å². The van der Waals surface area contributed by atoms with Gasteiger partial charge in [-0.2, -0.15) is 0 Å². The molecule has 0 bridgehead atoms. The van der Waals surface area contributed by atoms with Crippen molar-refractivity contribution in [1.29, 1.82) is 5.41 Å². The fourth-order valence-corrected chi connectivity index (χ4v) is 4.35. The van der Waals surface area contributed by atoms with Crippen LogP contribution < -0.4 is 11.1 Å². The lowest BCUT2D eigenvalue weighted by Crippen LogP contribution is -2.46. The topological polar surface area (TPSA) is 100 Å². The molecule has 1 aromatic carbocycles. The highest BCUT2D eigenvalue weighted by Crippen LogP contribution is 2.30. The molecule has 1 aliphatic carbocycles. The molecule has 1 saturated carbocycles. The minimum Gasteiger partial charge on any atom is -0.404 e. The number of nitrogens with one attached hydrogen (secondary N) is 2. The van der Waals surface area contributed by atoms with Gasteiger partial charge in [0.2, 0.25) is 0 Å². The third kappa shape index (κ3) is 4.23. The Morgan fingerprint density at radius 1 is 1.21 bits per heavy atom. The number of nitrogens with two attached hydrogens (primary N) is 1. The second-order valence-corrected chi connectivity index (χ2v) is 7.64. The molecule has 0 radical (unpaired) electrons. The van der Waals surface area contributed by atoms with Gasteiger partial charge in [0, 0.05) is 60.2 Å². The maximum Gasteiger partial charge on any atom is 0.137 e. The lowest BCUT2D eigenvalue weighted by Gasteiger charge is -2.39. The van der Waals surface area contributed by atoms with Gasteiger partial charge in [0.1, 0.15) is 18.0 Å². The predicted octanol–water partition coefficient (Wildman–Crippen LogP) is 2.77. The van der Waals surface area contributed by atoms with Crippen molar-refractivity contribution in [2.45, 2.75) is 37.8 Å². The third-order valence-corrected chi connectivity index (χ3v) is 5.97. The van der Waals surface area contributed by atoms with Crippen LogP contribution in [0.5, 0.6) is 0 Å². The first-order chi connectivity index (χ1) is 14.2. The average molecular weight is 398 g/mol. The Balaban J connectivity index is 1.51. The number of fused-ring (bicyclic) bond motifs is 1. The van der Waals surface area contributed by atoms with Crippen molar-refractivity contribution in [3.8, 4) is 0 Å². The Labute approximate surface area is 169 Å². The molecule has 0 atom stereocenters. The smallest absolute Gasteiger partial charge is 0.137 e. The van der Waals surface area contributed by atoms with Crippen molar-refractivity contribution in [1.82, 2.24) is 14.9 Å². The summed E-state index contributed by atoms with van der Waals surface area (Å²) in [5.41, 5.74) is 6.69. The second-order valence-electron chi connectivity index (χ2n) is 7.64. The standard InChI is InChI=1S/C21H27FN6O/c22-19-10-20-18(9-17(19)14(11-23)12-24)21(26-13-25-20)27-15-1-3-16(4-2-15)28-5-7-29-8-6-28/h9-13,15-16,23H,1-8,24H2,(H,25,26,27). The highest BCUT2D eigenvalue weighted by molar-refractivity contribution is 6.09. The fourth-order valence-electron chi connectivity index (χ4n) is 4.35. The summed E-state index contributed by atoms with van der Waals surface area (Å²) in [6, 6.07) is 4.01. The number of rotatable bonds is 5. The maximum atomic E-state index is 14.5. The first-order valence-corrected chi connectivity index (χ1v) is 10.1. The van der Waals surface area contributed by atoms with Crippen LogP contribution in [-0.2, 0) is 4.74 Å². The summed E-state index contributed by atoms with van der Waals surface area (Å²) >= 11 is 0. The lowest BCUT2D eigenvalue weighted by atomic mass is 9.90. The minimum absolute atomic E-state index is 0.281. The van der Waals surface area contributed by atoms with Crippen LogP contribution in [0.1, 0.15) is 31.2 Å². The van der Waals surface area contributed by atoms with E-state index in [0.29, 0.717) is 29.0 Å². The summed E-state index contributed by atoms with van der Waals surface area (Å²) < 4.78 is 19.9. The Morgan fingerprint density at radius 2 is 1.97 bits per heavy atom. The maximum absolute atomic E-state index is 14.5. The number of halogens is 1. The van der Waals surface area contributed by atoms with Gasteiger partial charge in [0.25, 0.3) is 0 Å². The molecule has 2 fully saturated rings. The third-order valence-electron chi connectivity index (χ3n) is 5.97. The van der Waals surface area contributed by atoms with Crippen molar-refractivity contribution >= 4 is 28.5 Å². The number of nitrogens with zero attached hydrogens (tertiary/aromatic N) is 3.